The van der Waals surface area contributed by atoms with E-state index in [0.29, 0.717) is 0 Å². The molecule has 0 spiro atoms. The topological polar surface area (TPSA) is 73.0 Å². The Morgan fingerprint density at radius 2 is 2.47 bits per heavy atom. The van der Waals surface area contributed by atoms with Gasteiger partial charge in [-0.05, 0) is 35.7 Å². The number of nitrogens with one attached hydrogen (secondary N) is 1. The highest BCUT2D eigenvalue weighted by Crippen LogP contribution is 2.18. The van der Waals surface area contributed by atoms with Crippen LogP contribution < -0.4 is 5.32 Å². The fourth-order valence-electron chi connectivity index (χ4n) is 1.42. The third-order valence-electron chi connectivity index (χ3n) is 2.41. The Labute approximate surface area is 87.5 Å². The molecule has 1 aromatic rings. The third kappa shape index (κ3) is 3.02. The maximum Gasteiger partial charge on any atom is 0.381 e. The summed E-state index contributed by atoms with van der Waals surface area (Å²) in [5.74, 6) is -0.0786. The van der Waals surface area contributed by atoms with Crippen LogP contribution in [-0.4, -0.2) is 27.1 Å². The monoisotopic (exact) mass is 210 g/mol. The molecule has 2 rings (SSSR count). The van der Waals surface area contributed by atoms with Gasteiger partial charge in [-0.3, -0.25) is 0 Å². The number of hydrogen-bond donors (Lipinski definition) is 1. The molecule has 0 unspecified atom stereocenters. The largest absolute Gasteiger partial charge is 0.381 e. The Bertz CT molecular complexity index is 346. The van der Waals surface area contributed by atoms with Gasteiger partial charge in [-0.2, -0.15) is 0 Å². The molecule has 1 aliphatic rings. The molecule has 1 fully saturated rings. The van der Waals surface area contributed by atoms with E-state index in [0.717, 1.165) is 25.6 Å². The van der Waals surface area contributed by atoms with Crippen LogP contribution in [0, 0.1) is 10.1 Å². The Morgan fingerprint density at radius 3 is 3.07 bits per heavy atom. The standard InChI is InChI=1S/C9H14N4O2/c14-13(15)9-6-12(7-11-9)5-1-4-10-8-2-3-8/h6-8,10H,1-5H2. The summed E-state index contributed by atoms with van der Waals surface area (Å²) in [5, 5.41) is 13.7. The maximum atomic E-state index is 10.4. The highest BCUT2D eigenvalue weighted by molar-refractivity contribution is 5.12. The molecule has 1 aliphatic carbocycles. The van der Waals surface area contributed by atoms with Crippen LogP contribution in [0.5, 0.6) is 0 Å². The van der Waals surface area contributed by atoms with E-state index in [1.54, 1.807) is 4.57 Å². The Hall–Kier alpha value is -1.43. The van der Waals surface area contributed by atoms with Crippen LogP contribution in [0.4, 0.5) is 5.82 Å². The number of hydrogen-bond acceptors (Lipinski definition) is 4. The summed E-state index contributed by atoms with van der Waals surface area (Å²) in [6.45, 7) is 1.75. The molecule has 0 aliphatic heterocycles. The molecule has 6 nitrogen and oxygen atoms in total. The molecule has 0 aromatic carbocycles. The molecule has 0 saturated heterocycles. The molecule has 0 bridgehead atoms. The van der Waals surface area contributed by atoms with Crippen molar-refractivity contribution >= 4 is 5.82 Å². The Balaban J connectivity index is 1.70. The lowest BCUT2D eigenvalue weighted by Crippen LogP contribution is -2.18. The van der Waals surface area contributed by atoms with Crippen molar-refractivity contribution in [2.45, 2.75) is 31.8 Å². The lowest BCUT2D eigenvalue weighted by atomic mass is 10.4. The molecular formula is C9H14N4O2. The molecule has 0 atom stereocenters. The Kier molecular flexibility index (Phi) is 2.96. The fraction of sp³-hybridized carbons (Fsp3) is 0.667. The summed E-state index contributed by atoms with van der Waals surface area (Å²) in [4.78, 5) is 13.6. The van der Waals surface area contributed by atoms with Gasteiger partial charge in [0.1, 0.15) is 6.20 Å². The lowest BCUT2D eigenvalue weighted by molar-refractivity contribution is -0.389. The highest BCUT2D eigenvalue weighted by Gasteiger charge is 2.19. The summed E-state index contributed by atoms with van der Waals surface area (Å²) in [6.07, 6.45) is 6.53. The Morgan fingerprint density at radius 1 is 1.67 bits per heavy atom. The quantitative estimate of drug-likeness (QED) is 0.430. The number of rotatable bonds is 6. The zero-order valence-corrected chi connectivity index (χ0v) is 8.43. The maximum absolute atomic E-state index is 10.4. The van der Waals surface area contributed by atoms with E-state index in [2.05, 4.69) is 10.3 Å². The van der Waals surface area contributed by atoms with Crippen molar-refractivity contribution < 1.29 is 4.92 Å². The van der Waals surface area contributed by atoms with Gasteiger partial charge in [0.15, 0.2) is 0 Å². The zero-order valence-electron chi connectivity index (χ0n) is 8.43. The summed E-state index contributed by atoms with van der Waals surface area (Å²) in [7, 11) is 0. The second kappa shape index (κ2) is 4.39. The van der Waals surface area contributed by atoms with E-state index in [1.807, 2.05) is 0 Å². The zero-order chi connectivity index (χ0) is 10.7. The van der Waals surface area contributed by atoms with Crippen molar-refractivity contribution in [3.63, 3.8) is 0 Å². The van der Waals surface area contributed by atoms with Crippen LogP contribution in [0.25, 0.3) is 0 Å². The first kappa shape index (κ1) is 10.1. The van der Waals surface area contributed by atoms with Gasteiger partial charge in [0.05, 0.1) is 0 Å². The number of nitro groups is 1. The molecule has 1 aromatic heterocycles. The number of imidazole rings is 1. The smallest absolute Gasteiger partial charge is 0.358 e. The number of nitrogens with zero attached hydrogens (tertiary/aromatic N) is 3. The van der Waals surface area contributed by atoms with E-state index in [9.17, 15) is 10.1 Å². The van der Waals surface area contributed by atoms with Crippen LogP contribution in [0.1, 0.15) is 19.3 Å². The van der Waals surface area contributed by atoms with Gasteiger partial charge in [0.2, 0.25) is 6.33 Å². The molecule has 1 heterocycles. The molecule has 0 amide bonds. The summed E-state index contributed by atoms with van der Waals surface area (Å²) in [5.41, 5.74) is 0. The molecule has 1 saturated carbocycles. The first-order valence-electron chi connectivity index (χ1n) is 5.15. The number of aromatic nitrogens is 2. The van der Waals surface area contributed by atoms with E-state index in [4.69, 9.17) is 0 Å². The predicted molar refractivity (Wildman–Crippen MR) is 54.5 cm³/mol. The summed E-state index contributed by atoms with van der Waals surface area (Å²) >= 11 is 0. The first-order valence-corrected chi connectivity index (χ1v) is 5.15. The first-order chi connectivity index (χ1) is 7.25. The molecule has 0 radical (unpaired) electrons. The lowest BCUT2D eigenvalue weighted by Gasteiger charge is -2.01. The minimum atomic E-state index is -0.473. The van der Waals surface area contributed by atoms with Gasteiger partial charge in [-0.1, -0.05) is 0 Å². The molecule has 15 heavy (non-hydrogen) atoms. The van der Waals surface area contributed by atoms with Crippen LogP contribution in [0.3, 0.4) is 0 Å². The number of aryl methyl sites for hydroxylation is 1. The van der Waals surface area contributed by atoms with Gasteiger partial charge in [0.25, 0.3) is 0 Å². The summed E-state index contributed by atoms with van der Waals surface area (Å²) < 4.78 is 1.76. The highest BCUT2D eigenvalue weighted by atomic mass is 16.6. The van der Waals surface area contributed by atoms with Crippen molar-refractivity contribution in [1.82, 2.24) is 14.9 Å². The predicted octanol–water partition coefficient (Wildman–Crippen LogP) is 0.933. The van der Waals surface area contributed by atoms with Crippen LogP contribution >= 0.6 is 0 Å². The van der Waals surface area contributed by atoms with Crippen molar-refractivity contribution in [1.29, 1.82) is 0 Å². The van der Waals surface area contributed by atoms with Gasteiger partial charge in [-0.25, -0.2) is 0 Å². The fourth-order valence-corrected chi connectivity index (χ4v) is 1.42. The average Bonchev–Trinajstić information content (AvgIpc) is 2.90. The van der Waals surface area contributed by atoms with Gasteiger partial charge >= 0.3 is 5.82 Å². The summed E-state index contributed by atoms with van der Waals surface area (Å²) in [6, 6.07) is 0.724. The van der Waals surface area contributed by atoms with Gasteiger partial charge in [-0.15, -0.1) is 0 Å². The second-order valence-corrected chi connectivity index (χ2v) is 3.81. The second-order valence-electron chi connectivity index (χ2n) is 3.81. The van der Waals surface area contributed by atoms with E-state index in [-0.39, 0.29) is 5.82 Å². The average molecular weight is 210 g/mol. The molecule has 6 heteroatoms. The minimum absolute atomic E-state index is 0.0786. The minimum Gasteiger partial charge on any atom is -0.358 e. The normalized spacial score (nSPS) is 15.5. The van der Waals surface area contributed by atoms with Crippen molar-refractivity contribution in [3.05, 3.63) is 22.6 Å². The van der Waals surface area contributed by atoms with Crippen molar-refractivity contribution in [2.24, 2.45) is 0 Å². The molecular weight excluding hydrogens is 196 g/mol. The SMILES string of the molecule is O=[N+]([O-])c1cn(CCCNC2CC2)cn1. The van der Waals surface area contributed by atoms with Gasteiger partial charge in [0, 0.05) is 12.6 Å². The third-order valence-corrected chi connectivity index (χ3v) is 2.41. The van der Waals surface area contributed by atoms with E-state index >= 15 is 0 Å². The van der Waals surface area contributed by atoms with Crippen LogP contribution in [-0.2, 0) is 6.54 Å². The van der Waals surface area contributed by atoms with Crippen molar-refractivity contribution in [3.8, 4) is 0 Å². The molecule has 1 N–H and O–H groups in total. The molecule has 82 valence electrons. The van der Waals surface area contributed by atoms with Crippen molar-refractivity contribution in [2.75, 3.05) is 6.54 Å². The van der Waals surface area contributed by atoms with Crippen LogP contribution in [0.2, 0.25) is 0 Å². The van der Waals surface area contributed by atoms with Gasteiger partial charge < -0.3 is 20.0 Å². The van der Waals surface area contributed by atoms with E-state index < -0.39 is 4.92 Å². The van der Waals surface area contributed by atoms with E-state index in [1.165, 1.54) is 25.4 Å². The van der Waals surface area contributed by atoms with Crippen LogP contribution in [0.15, 0.2) is 12.5 Å².